The van der Waals surface area contributed by atoms with E-state index in [9.17, 15) is 5.11 Å². The number of hydrogen-bond donors (Lipinski definition) is 3. The lowest BCUT2D eigenvalue weighted by Crippen LogP contribution is -2.50. The third-order valence-corrected chi connectivity index (χ3v) is 5.26. The predicted molar refractivity (Wildman–Crippen MR) is 112 cm³/mol. The number of aliphatic imine (C=N–C) groups is 1. The highest BCUT2D eigenvalue weighted by Gasteiger charge is 2.29. The Morgan fingerprint density at radius 3 is 2.38 bits per heavy atom. The van der Waals surface area contributed by atoms with Crippen LogP contribution in [0.4, 0.5) is 0 Å². The summed E-state index contributed by atoms with van der Waals surface area (Å²) < 4.78 is 0. The van der Waals surface area contributed by atoms with Crippen LogP contribution in [-0.2, 0) is 0 Å². The van der Waals surface area contributed by atoms with Crippen molar-refractivity contribution in [2.45, 2.75) is 83.4 Å². The average Bonchev–Trinajstić information content (AvgIpc) is 2.54. The van der Waals surface area contributed by atoms with Crippen LogP contribution in [0.5, 0.6) is 0 Å². The summed E-state index contributed by atoms with van der Waals surface area (Å²) in [5.41, 5.74) is -0.582. The highest BCUT2D eigenvalue weighted by molar-refractivity contribution is 14.0. The number of rotatable bonds is 5. The average molecular weight is 452 g/mol. The number of nitrogens with one attached hydrogen (secondary N) is 2. The van der Waals surface area contributed by atoms with E-state index in [0.29, 0.717) is 18.6 Å². The summed E-state index contributed by atoms with van der Waals surface area (Å²) in [5.74, 6) is 0.870. The fourth-order valence-electron chi connectivity index (χ4n) is 3.67. The van der Waals surface area contributed by atoms with E-state index in [2.05, 4.69) is 41.3 Å². The van der Waals surface area contributed by atoms with E-state index in [0.717, 1.165) is 64.1 Å². The molecule has 142 valence electrons. The number of likely N-dealkylation sites (tertiary alicyclic amines) is 1. The van der Waals surface area contributed by atoms with Gasteiger partial charge in [0, 0.05) is 31.7 Å². The minimum absolute atomic E-state index is 0. The Kier molecular flexibility index (Phi) is 9.89. The molecule has 1 saturated heterocycles. The molecule has 1 saturated carbocycles. The second kappa shape index (κ2) is 10.8. The van der Waals surface area contributed by atoms with Crippen molar-refractivity contribution in [2.75, 3.05) is 26.2 Å². The van der Waals surface area contributed by atoms with Gasteiger partial charge in [-0.3, -0.25) is 4.99 Å². The summed E-state index contributed by atoms with van der Waals surface area (Å²) in [5, 5.41) is 17.5. The Morgan fingerprint density at radius 1 is 1.21 bits per heavy atom. The quantitative estimate of drug-likeness (QED) is 0.341. The molecule has 5 nitrogen and oxygen atoms in total. The van der Waals surface area contributed by atoms with E-state index >= 15 is 0 Å². The third-order valence-electron chi connectivity index (χ3n) is 5.26. The van der Waals surface area contributed by atoms with Crippen molar-refractivity contribution < 1.29 is 5.11 Å². The summed E-state index contributed by atoms with van der Waals surface area (Å²) in [6.07, 6.45) is 7.61. The van der Waals surface area contributed by atoms with Crippen LogP contribution < -0.4 is 10.6 Å². The van der Waals surface area contributed by atoms with Crippen molar-refractivity contribution in [2.24, 2.45) is 4.99 Å². The van der Waals surface area contributed by atoms with Crippen LogP contribution in [0.15, 0.2) is 4.99 Å². The number of piperidine rings is 1. The van der Waals surface area contributed by atoms with E-state index in [-0.39, 0.29) is 24.0 Å². The molecule has 2 aliphatic rings. The van der Waals surface area contributed by atoms with Gasteiger partial charge in [0.25, 0.3) is 0 Å². The molecule has 3 N–H and O–H groups in total. The molecule has 0 unspecified atom stereocenters. The molecular formula is C18H37IN4O. The Hall–Kier alpha value is -0.0800. The molecule has 0 aromatic rings. The molecule has 0 aromatic heterocycles. The van der Waals surface area contributed by atoms with Gasteiger partial charge in [-0.1, -0.05) is 19.3 Å². The molecule has 0 radical (unpaired) electrons. The minimum atomic E-state index is -0.582. The molecule has 1 aliphatic heterocycles. The standard InChI is InChI=1S/C18H36N4O.HI/c1-4-19-17(20-14-18(23)10-6-5-7-11-18)21-16-8-12-22(13-9-16)15(2)3;/h15-16,23H,4-14H2,1-3H3,(H2,19,20,21);1H. The van der Waals surface area contributed by atoms with Gasteiger partial charge in [0.2, 0.25) is 0 Å². The SMILES string of the molecule is CCNC(=NCC1(O)CCCCC1)NC1CCN(C(C)C)CC1.I. The molecule has 6 heteroatoms. The summed E-state index contributed by atoms with van der Waals surface area (Å²) in [7, 11) is 0. The molecule has 1 aliphatic carbocycles. The third kappa shape index (κ3) is 7.04. The van der Waals surface area contributed by atoms with E-state index in [1.165, 1.54) is 6.42 Å². The van der Waals surface area contributed by atoms with Gasteiger partial charge in [0.05, 0.1) is 12.1 Å². The number of aliphatic hydroxyl groups is 1. The lowest BCUT2D eigenvalue weighted by Gasteiger charge is -2.35. The van der Waals surface area contributed by atoms with E-state index < -0.39 is 5.60 Å². The van der Waals surface area contributed by atoms with Gasteiger partial charge in [0.15, 0.2) is 5.96 Å². The number of nitrogens with zero attached hydrogens (tertiary/aromatic N) is 2. The van der Waals surface area contributed by atoms with Crippen LogP contribution in [0, 0.1) is 0 Å². The number of hydrogen-bond acceptors (Lipinski definition) is 3. The fraction of sp³-hybridized carbons (Fsp3) is 0.944. The van der Waals surface area contributed by atoms with Gasteiger partial charge in [-0.05, 0) is 46.5 Å². The number of guanidine groups is 1. The summed E-state index contributed by atoms with van der Waals surface area (Å²) in [4.78, 5) is 7.22. The molecule has 2 rings (SSSR count). The van der Waals surface area contributed by atoms with Gasteiger partial charge in [-0.15, -0.1) is 24.0 Å². The first-order valence-corrected chi connectivity index (χ1v) is 9.54. The molecule has 0 aromatic carbocycles. The Balaban J connectivity index is 0.00000288. The lowest BCUT2D eigenvalue weighted by atomic mass is 9.85. The Labute approximate surface area is 165 Å². The van der Waals surface area contributed by atoms with Crippen molar-refractivity contribution in [3.8, 4) is 0 Å². The van der Waals surface area contributed by atoms with E-state index in [4.69, 9.17) is 0 Å². The van der Waals surface area contributed by atoms with Gasteiger partial charge in [-0.2, -0.15) is 0 Å². The van der Waals surface area contributed by atoms with Gasteiger partial charge in [-0.25, -0.2) is 0 Å². The normalized spacial score (nSPS) is 23.0. The summed E-state index contributed by atoms with van der Waals surface area (Å²) >= 11 is 0. The van der Waals surface area contributed by atoms with Gasteiger partial charge >= 0.3 is 0 Å². The second-order valence-electron chi connectivity index (χ2n) is 7.53. The van der Waals surface area contributed by atoms with Gasteiger partial charge < -0.3 is 20.6 Å². The maximum absolute atomic E-state index is 10.6. The highest BCUT2D eigenvalue weighted by atomic mass is 127. The van der Waals surface area contributed by atoms with Crippen LogP contribution in [0.25, 0.3) is 0 Å². The highest BCUT2D eigenvalue weighted by Crippen LogP contribution is 2.28. The minimum Gasteiger partial charge on any atom is -0.388 e. The predicted octanol–water partition coefficient (Wildman–Crippen LogP) is 2.73. The largest absolute Gasteiger partial charge is 0.388 e. The first-order chi connectivity index (χ1) is 11.0. The topological polar surface area (TPSA) is 59.9 Å². The Morgan fingerprint density at radius 2 is 1.83 bits per heavy atom. The van der Waals surface area contributed by atoms with Crippen LogP contribution in [0.3, 0.4) is 0 Å². The summed E-state index contributed by atoms with van der Waals surface area (Å²) in [6, 6.07) is 1.13. The molecule has 0 bridgehead atoms. The zero-order valence-electron chi connectivity index (χ0n) is 15.7. The van der Waals surface area contributed by atoms with Crippen molar-refractivity contribution in [3.63, 3.8) is 0 Å². The molecular weight excluding hydrogens is 415 g/mol. The maximum Gasteiger partial charge on any atom is 0.191 e. The second-order valence-corrected chi connectivity index (χ2v) is 7.53. The van der Waals surface area contributed by atoms with Crippen LogP contribution in [0.1, 0.15) is 65.7 Å². The van der Waals surface area contributed by atoms with Crippen molar-refractivity contribution in [3.05, 3.63) is 0 Å². The first kappa shape index (κ1) is 22.0. The van der Waals surface area contributed by atoms with Gasteiger partial charge in [0.1, 0.15) is 0 Å². The van der Waals surface area contributed by atoms with Crippen molar-refractivity contribution >= 4 is 29.9 Å². The van der Waals surface area contributed by atoms with Crippen LogP contribution >= 0.6 is 24.0 Å². The molecule has 0 amide bonds. The molecule has 1 heterocycles. The monoisotopic (exact) mass is 452 g/mol. The first-order valence-electron chi connectivity index (χ1n) is 9.54. The van der Waals surface area contributed by atoms with Crippen molar-refractivity contribution in [1.82, 2.24) is 15.5 Å². The number of halogens is 1. The molecule has 0 spiro atoms. The molecule has 2 fully saturated rings. The zero-order chi connectivity index (χ0) is 16.7. The smallest absolute Gasteiger partial charge is 0.191 e. The maximum atomic E-state index is 10.6. The lowest BCUT2D eigenvalue weighted by molar-refractivity contribution is 0.0131. The summed E-state index contributed by atoms with van der Waals surface area (Å²) in [6.45, 7) is 10.3. The van der Waals surface area contributed by atoms with E-state index in [1.54, 1.807) is 0 Å². The van der Waals surface area contributed by atoms with Crippen LogP contribution in [0.2, 0.25) is 0 Å². The fourth-order valence-corrected chi connectivity index (χ4v) is 3.67. The van der Waals surface area contributed by atoms with E-state index in [1.807, 2.05) is 0 Å². The molecule has 0 atom stereocenters. The molecule has 24 heavy (non-hydrogen) atoms. The van der Waals surface area contributed by atoms with Crippen molar-refractivity contribution in [1.29, 1.82) is 0 Å². The zero-order valence-corrected chi connectivity index (χ0v) is 18.0. The van der Waals surface area contributed by atoms with Crippen LogP contribution in [-0.4, -0.2) is 59.8 Å². The Bertz CT molecular complexity index is 375.